The molecule has 0 spiro atoms. The molecule has 140 valence electrons. The largest absolute Gasteiger partial charge is 0.497 e. The van der Waals surface area contributed by atoms with E-state index < -0.39 is 0 Å². The van der Waals surface area contributed by atoms with E-state index in [4.69, 9.17) is 4.74 Å². The molecule has 27 heavy (non-hydrogen) atoms. The molecule has 1 amide bonds. The number of amides is 1. The number of nitrogens with zero attached hydrogens (tertiary/aromatic N) is 2. The Bertz CT molecular complexity index is 1090. The molecule has 1 aromatic carbocycles. The predicted molar refractivity (Wildman–Crippen MR) is 107 cm³/mol. The summed E-state index contributed by atoms with van der Waals surface area (Å²) in [6.07, 6.45) is 1.74. The number of carbonyl (C=O) groups is 1. The molecule has 3 heterocycles. The minimum atomic E-state index is -0.286. The number of nitrogens with one attached hydrogen (secondary N) is 2. The second kappa shape index (κ2) is 6.77. The van der Waals surface area contributed by atoms with Gasteiger partial charge in [0.25, 0.3) is 5.56 Å². The van der Waals surface area contributed by atoms with Crippen molar-refractivity contribution < 1.29 is 9.53 Å². The van der Waals surface area contributed by atoms with E-state index >= 15 is 0 Å². The second-order valence-electron chi connectivity index (χ2n) is 6.73. The first-order chi connectivity index (χ1) is 13.0. The summed E-state index contributed by atoms with van der Waals surface area (Å²) in [7, 11) is 1.61. The lowest BCUT2D eigenvalue weighted by atomic mass is 10.1. The third-order valence-electron chi connectivity index (χ3n) is 4.60. The number of hydrogen-bond donors (Lipinski definition) is 2. The van der Waals surface area contributed by atoms with Gasteiger partial charge in [-0.05, 0) is 38.1 Å². The summed E-state index contributed by atoms with van der Waals surface area (Å²) < 4.78 is 7.07. The number of rotatable bonds is 3. The molecule has 1 aliphatic heterocycles. The van der Waals surface area contributed by atoms with Crippen molar-refractivity contribution in [1.29, 1.82) is 0 Å². The maximum Gasteiger partial charge on any atom is 0.253 e. The number of carbonyl (C=O) groups excluding carboxylic acids is 1. The van der Waals surface area contributed by atoms with Crippen molar-refractivity contribution in [1.82, 2.24) is 14.8 Å². The van der Waals surface area contributed by atoms with Gasteiger partial charge in [0.15, 0.2) is 0 Å². The number of pyridine rings is 1. The van der Waals surface area contributed by atoms with E-state index in [-0.39, 0.29) is 28.5 Å². The highest BCUT2D eigenvalue weighted by atomic mass is 32.2. The Morgan fingerprint density at radius 1 is 1.26 bits per heavy atom. The third-order valence-corrected chi connectivity index (χ3v) is 5.87. The van der Waals surface area contributed by atoms with Crippen molar-refractivity contribution in [2.24, 2.45) is 0 Å². The monoisotopic (exact) mass is 384 g/mol. The molecule has 7 nitrogen and oxygen atoms in total. The lowest BCUT2D eigenvalue weighted by molar-refractivity contribution is -0.113. The number of methoxy groups -OCH3 is 1. The van der Waals surface area contributed by atoms with Crippen LogP contribution in [0.5, 0.6) is 5.75 Å². The summed E-state index contributed by atoms with van der Waals surface area (Å²) in [5.41, 5.74) is 2.02. The van der Waals surface area contributed by atoms with E-state index in [1.165, 1.54) is 11.8 Å². The van der Waals surface area contributed by atoms with Gasteiger partial charge in [0.05, 0.1) is 24.3 Å². The molecular formula is C19H20N4O3S. The summed E-state index contributed by atoms with van der Waals surface area (Å²) in [6, 6.07) is 7.49. The second-order valence-corrected chi connectivity index (χ2v) is 7.83. The van der Waals surface area contributed by atoms with Crippen LogP contribution in [0, 0.1) is 0 Å². The number of aromatic amines is 1. The number of ether oxygens (including phenoxy) is 1. The van der Waals surface area contributed by atoms with Crippen LogP contribution in [0.2, 0.25) is 0 Å². The van der Waals surface area contributed by atoms with E-state index in [0.29, 0.717) is 11.4 Å². The fraction of sp³-hybridized carbons (Fsp3) is 0.316. The Hall–Kier alpha value is -2.74. The Morgan fingerprint density at radius 3 is 2.81 bits per heavy atom. The van der Waals surface area contributed by atoms with Crippen molar-refractivity contribution in [3.8, 4) is 5.75 Å². The SMILES string of the molecule is COc1ccc2[nH]c(=O)c([C@@H]3SCC(=O)Nc4c3cnn4C(C)C)cc2c1. The molecular weight excluding hydrogens is 364 g/mol. The molecule has 2 N–H and O–H groups in total. The van der Waals surface area contributed by atoms with Crippen LogP contribution in [-0.2, 0) is 4.79 Å². The number of thioether (sulfide) groups is 1. The number of hydrogen-bond acceptors (Lipinski definition) is 5. The number of benzene rings is 1. The summed E-state index contributed by atoms with van der Waals surface area (Å²) in [6.45, 7) is 4.00. The molecule has 0 saturated heterocycles. The first-order valence-electron chi connectivity index (χ1n) is 8.67. The first-order valence-corrected chi connectivity index (χ1v) is 9.72. The third kappa shape index (κ3) is 3.10. The van der Waals surface area contributed by atoms with Gasteiger partial charge in [-0.2, -0.15) is 5.10 Å². The predicted octanol–water partition coefficient (Wildman–Crippen LogP) is 3.09. The van der Waals surface area contributed by atoms with Crippen molar-refractivity contribution in [3.05, 3.63) is 51.9 Å². The zero-order valence-corrected chi connectivity index (χ0v) is 16.1. The smallest absolute Gasteiger partial charge is 0.253 e. The topological polar surface area (TPSA) is 89.0 Å². The Morgan fingerprint density at radius 2 is 2.07 bits per heavy atom. The lowest BCUT2D eigenvalue weighted by Crippen LogP contribution is -2.17. The molecule has 8 heteroatoms. The fourth-order valence-electron chi connectivity index (χ4n) is 3.29. The molecule has 0 saturated carbocycles. The first kappa shape index (κ1) is 17.7. The summed E-state index contributed by atoms with van der Waals surface area (Å²) in [5, 5.41) is 7.95. The van der Waals surface area contributed by atoms with Crippen LogP contribution in [0.1, 0.15) is 36.3 Å². The van der Waals surface area contributed by atoms with Crippen molar-refractivity contribution >= 4 is 34.4 Å². The highest BCUT2D eigenvalue weighted by molar-refractivity contribution is 8.00. The molecule has 0 aliphatic carbocycles. The molecule has 4 rings (SSSR count). The maximum absolute atomic E-state index is 12.8. The van der Waals surface area contributed by atoms with Gasteiger partial charge < -0.3 is 15.0 Å². The molecule has 0 radical (unpaired) electrons. The normalized spacial score (nSPS) is 16.9. The summed E-state index contributed by atoms with van der Waals surface area (Å²) in [4.78, 5) is 27.9. The molecule has 2 aromatic heterocycles. The molecule has 1 atom stereocenters. The molecule has 0 bridgehead atoms. The van der Waals surface area contributed by atoms with E-state index in [1.54, 1.807) is 18.0 Å². The Balaban J connectivity index is 1.89. The van der Waals surface area contributed by atoms with Gasteiger partial charge in [0, 0.05) is 28.1 Å². The molecule has 0 unspecified atom stereocenters. The molecule has 3 aromatic rings. The minimum Gasteiger partial charge on any atom is -0.497 e. The van der Waals surface area contributed by atoms with Crippen LogP contribution < -0.4 is 15.6 Å². The Labute approximate surface area is 160 Å². The van der Waals surface area contributed by atoms with Gasteiger partial charge in [0.1, 0.15) is 11.6 Å². The van der Waals surface area contributed by atoms with Gasteiger partial charge in [-0.3, -0.25) is 9.59 Å². The van der Waals surface area contributed by atoms with Crippen LogP contribution in [0.15, 0.2) is 35.3 Å². The van der Waals surface area contributed by atoms with E-state index in [1.807, 2.05) is 38.1 Å². The zero-order chi connectivity index (χ0) is 19.1. The van der Waals surface area contributed by atoms with Crippen LogP contribution in [0.4, 0.5) is 5.82 Å². The average molecular weight is 384 g/mol. The van der Waals surface area contributed by atoms with Gasteiger partial charge in [-0.25, -0.2) is 4.68 Å². The lowest BCUT2D eigenvalue weighted by Gasteiger charge is -2.15. The molecule has 0 fully saturated rings. The van der Waals surface area contributed by atoms with Crippen molar-refractivity contribution in [2.75, 3.05) is 18.2 Å². The maximum atomic E-state index is 12.8. The van der Waals surface area contributed by atoms with E-state index in [2.05, 4.69) is 15.4 Å². The Kier molecular flexibility index (Phi) is 4.43. The standard InChI is InChI=1S/C19H20N4O3S/c1-10(2)23-18-14(8-20-23)17(27-9-16(24)22-18)13-7-11-6-12(26-3)4-5-15(11)21-19(13)25/h4-8,10,17H,9H2,1-3H3,(H,21,25)(H,22,24)/t17-/m0/s1. The van der Waals surface area contributed by atoms with Gasteiger partial charge in [-0.15, -0.1) is 11.8 Å². The summed E-state index contributed by atoms with van der Waals surface area (Å²) >= 11 is 1.43. The number of fused-ring (bicyclic) bond motifs is 2. The number of aromatic nitrogens is 3. The van der Waals surface area contributed by atoms with Crippen molar-refractivity contribution in [3.63, 3.8) is 0 Å². The van der Waals surface area contributed by atoms with E-state index in [9.17, 15) is 9.59 Å². The highest BCUT2D eigenvalue weighted by Gasteiger charge is 2.30. The highest BCUT2D eigenvalue weighted by Crippen LogP contribution is 2.41. The van der Waals surface area contributed by atoms with E-state index in [0.717, 1.165) is 22.2 Å². The van der Waals surface area contributed by atoms with Crippen LogP contribution in [-0.4, -0.2) is 33.5 Å². The zero-order valence-electron chi connectivity index (χ0n) is 15.3. The quantitative estimate of drug-likeness (QED) is 0.724. The van der Waals surface area contributed by atoms with Crippen LogP contribution >= 0.6 is 11.8 Å². The van der Waals surface area contributed by atoms with Gasteiger partial charge in [-0.1, -0.05) is 0 Å². The minimum absolute atomic E-state index is 0.0926. The van der Waals surface area contributed by atoms with Gasteiger partial charge in [0.2, 0.25) is 5.91 Å². The summed E-state index contributed by atoms with van der Waals surface area (Å²) in [5.74, 6) is 1.56. The van der Waals surface area contributed by atoms with Crippen LogP contribution in [0.25, 0.3) is 10.9 Å². The van der Waals surface area contributed by atoms with Gasteiger partial charge >= 0.3 is 0 Å². The average Bonchev–Trinajstić information content (AvgIpc) is 2.98. The number of H-pyrrole nitrogens is 1. The van der Waals surface area contributed by atoms with Crippen LogP contribution in [0.3, 0.4) is 0 Å². The number of anilines is 1. The fourth-order valence-corrected chi connectivity index (χ4v) is 4.38. The van der Waals surface area contributed by atoms with Crippen molar-refractivity contribution in [2.45, 2.75) is 25.1 Å². The molecule has 1 aliphatic rings.